The van der Waals surface area contributed by atoms with Crippen molar-refractivity contribution in [2.75, 3.05) is 24.8 Å². The van der Waals surface area contributed by atoms with Gasteiger partial charge in [0.25, 0.3) is 0 Å². The van der Waals surface area contributed by atoms with Gasteiger partial charge in [0.15, 0.2) is 0 Å². The summed E-state index contributed by atoms with van der Waals surface area (Å²) >= 11 is 5.50. The van der Waals surface area contributed by atoms with Gasteiger partial charge >= 0.3 is 0 Å². The predicted molar refractivity (Wildman–Crippen MR) is 60.7 cm³/mol. The molecule has 0 N–H and O–H groups in total. The Labute approximate surface area is 96.6 Å². The second-order valence-electron chi connectivity index (χ2n) is 3.92. The Morgan fingerprint density at radius 3 is 2.73 bits per heavy atom. The number of hydrogen-bond donors (Lipinski definition) is 0. The average molecular weight is 256 g/mol. The van der Waals surface area contributed by atoms with E-state index in [1.165, 1.54) is 4.31 Å². The molecule has 0 aromatic heterocycles. The molecule has 1 heterocycles. The number of rotatable bonds is 4. The fourth-order valence-corrected chi connectivity index (χ4v) is 3.70. The Balaban J connectivity index is 2.67. The summed E-state index contributed by atoms with van der Waals surface area (Å²) in [4.78, 5) is 0. The summed E-state index contributed by atoms with van der Waals surface area (Å²) in [6, 6.07) is -0.0680. The third kappa shape index (κ3) is 3.59. The maximum atomic E-state index is 11.9. The molecule has 1 aliphatic heterocycles. The Morgan fingerprint density at radius 2 is 2.13 bits per heavy atom. The zero-order valence-electron chi connectivity index (χ0n) is 9.15. The molecule has 1 aliphatic rings. The van der Waals surface area contributed by atoms with Crippen LogP contribution >= 0.6 is 11.6 Å². The Hall–Kier alpha value is 0.160. The molecule has 0 radical (unpaired) electrons. The van der Waals surface area contributed by atoms with Gasteiger partial charge in [-0.05, 0) is 20.3 Å². The number of nitrogens with zero attached hydrogens (tertiary/aromatic N) is 1. The van der Waals surface area contributed by atoms with Crippen molar-refractivity contribution in [2.45, 2.75) is 32.4 Å². The van der Waals surface area contributed by atoms with Gasteiger partial charge in [-0.15, -0.1) is 11.6 Å². The van der Waals surface area contributed by atoms with E-state index in [1.54, 1.807) is 0 Å². The lowest BCUT2D eigenvalue weighted by Gasteiger charge is -2.35. The maximum Gasteiger partial charge on any atom is 0.214 e. The molecule has 1 rings (SSSR count). The summed E-state index contributed by atoms with van der Waals surface area (Å²) in [5.74, 6) is 0.515. The van der Waals surface area contributed by atoms with Crippen LogP contribution in [0.5, 0.6) is 0 Å². The van der Waals surface area contributed by atoms with Gasteiger partial charge in [0.05, 0.1) is 18.5 Å². The van der Waals surface area contributed by atoms with Crippen LogP contribution in [0.4, 0.5) is 0 Å². The Bertz CT molecular complexity index is 294. The van der Waals surface area contributed by atoms with Crippen molar-refractivity contribution in [3.05, 3.63) is 0 Å². The van der Waals surface area contributed by atoms with Crippen LogP contribution in [0.25, 0.3) is 0 Å². The summed E-state index contributed by atoms with van der Waals surface area (Å²) in [6.45, 7) is 4.67. The smallest absolute Gasteiger partial charge is 0.214 e. The normalized spacial score (nSPS) is 29.3. The van der Waals surface area contributed by atoms with E-state index in [0.717, 1.165) is 0 Å². The first-order valence-corrected chi connectivity index (χ1v) is 7.29. The van der Waals surface area contributed by atoms with Crippen LogP contribution in [0.1, 0.15) is 20.3 Å². The molecule has 4 nitrogen and oxygen atoms in total. The second-order valence-corrected chi connectivity index (χ2v) is 6.34. The molecule has 2 atom stereocenters. The third-order valence-electron chi connectivity index (χ3n) is 2.44. The molecular formula is C9H18ClNO3S. The molecular weight excluding hydrogens is 238 g/mol. The first-order valence-electron chi connectivity index (χ1n) is 5.14. The number of halogens is 1. The Kier molecular flexibility index (Phi) is 4.83. The van der Waals surface area contributed by atoms with E-state index in [2.05, 4.69) is 0 Å². The quantitative estimate of drug-likeness (QED) is 0.706. The first-order chi connectivity index (χ1) is 6.97. The van der Waals surface area contributed by atoms with E-state index in [4.69, 9.17) is 16.3 Å². The minimum atomic E-state index is -3.16. The van der Waals surface area contributed by atoms with Crippen LogP contribution in [-0.2, 0) is 14.8 Å². The fourth-order valence-electron chi connectivity index (χ4n) is 1.61. The second kappa shape index (κ2) is 5.48. The molecule has 0 amide bonds. The molecule has 0 bridgehead atoms. The molecule has 0 aromatic rings. The maximum absolute atomic E-state index is 11.9. The molecule has 90 valence electrons. The first kappa shape index (κ1) is 13.2. The summed E-state index contributed by atoms with van der Waals surface area (Å²) in [5.41, 5.74) is 0. The molecule has 0 saturated carbocycles. The lowest BCUT2D eigenvalue weighted by Crippen LogP contribution is -2.50. The highest BCUT2D eigenvalue weighted by atomic mass is 35.5. The van der Waals surface area contributed by atoms with Crippen LogP contribution in [0.3, 0.4) is 0 Å². The molecule has 15 heavy (non-hydrogen) atoms. The fraction of sp³-hybridized carbons (Fsp3) is 1.00. The highest BCUT2D eigenvalue weighted by molar-refractivity contribution is 7.89. The van der Waals surface area contributed by atoms with Crippen molar-refractivity contribution in [1.29, 1.82) is 0 Å². The highest BCUT2D eigenvalue weighted by Crippen LogP contribution is 2.16. The number of sulfonamides is 1. The number of hydrogen-bond acceptors (Lipinski definition) is 3. The zero-order valence-corrected chi connectivity index (χ0v) is 10.7. The topological polar surface area (TPSA) is 46.6 Å². The third-order valence-corrected chi connectivity index (χ3v) is 4.74. The number of alkyl halides is 1. The van der Waals surface area contributed by atoms with Crippen molar-refractivity contribution in [2.24, 2.45) is 0 Å². The largest absolute Gasteiger partial charge is 0.375 e. The van der Waals surface area contributed by atoms with Crippen molar-refractivity contribution >= 4 is 21.6 Å². The molecule has 0 spiro atoms. The van der Waals surface area contributed by atoms with E-state index < -0.39 is 10.0 Å². The van der Waals surface area contributed by atoms with Gasteiger partial charge in [-0.1, -0.05) is 0 Å². The average Bonchev–Trinajstić information content (AvgIpc) is 2.18. The van der Waals surface area contributed by atoms with Crippen molar-refractivity contribution in [3.63, 3.8) is 0 Å². The van der Waals surface area contributed by atoms with E-state index in [-0.39, 0.29) is 17.9 Å². The van der Waals surface area contributed by atoms with Gasteiger partial charge in [-0.25, -0.2) is 8.42 Å². The molecule has 6 heteroatoms. The van der Waals surface area contributed by atoms with E-state index in [1.807, 2.05) is 13.8 Å². The van der Waals surface area contributed by atoms with Crippen LogP contribution in [0, 0.1) is 0 Å². The molecule has 0 aromatic carbocycles. The molecule has 2 unspecified atom stereocenters. The van der Waals surface area contributed by atoms with E-state index in [9.17, 15) is 8.42 Å². The molecule has 1 saturated heterocycles. The van der Waals surface area contributed by atoms with Gasteiger partial charge in [0, 0.05) is 18.5 Å². The minimum absolute atomic E-state index is 0.0213. The minimum Gasteiger partial charge on any atom is -0.375 e. The molecule has 1 fully saturated rings. The van der Waals surface area contributed by atoms with Gasteiger partial charge in [-0.3, -0.25) is 0 Å². The molecule has 0 aliphatic carbocycles. The standard InChI is InChI=1S/C9H18ClNO3S/c1-8-7-14-9(2)6-11(8)15(12,13)5-3-4-10/h8-9H,3-7H2,1-2H3. The van der Waals surface area contributed by atoms with E-state index in [0.29, 0.717) is 25.5 Å². The number of morpholine rings is 1. The SMILES string of the molecule is CC1CN(S(=O)(=O)CCCCl)C(C)CO1. The van der Waals surface area contributed by atoms with Crippen LogP contribution in [-0.4, -0.2) is 49.7 Å². The van der Waals surface area contributed by atoms with Gasteiger partial charge < -0.3 is 4.74 Å². The monoisotopic (exact) mass is 255 g/mol. The lowest BCUT2D eigenvalue weighted by atomic mass is 10.2. The van der Waals surface area contributed by atoms with Crippen molar-refractivity contribution in [3.8, 4) is 0 Å². The Morgan fingerprint density at radius 1 is 1.47 bits per heavy atom. The van der Waals surface area contributed by atoms with Crippen LogP contribution in [0.15, 0.2) is 0 Å². The van der Waals surface area contributed by atoms with Crippen molar-refractivity contribution in [1.82, 2.24) is 4.31 Å². The van der Waals surface area contributed by atoms with E-state index >= 15 is 0 Å². The summed E-state index contributed by atoms with van der Waals surface area (Å²) < 4.78 is 30.7. The summed E-state index contributed by atoms with van der Waals surface area (Å²) in [6.07, 6.45) is 0.481. The van der Waals surface area contributed by atoms with Crippen molar-refractivity contribution < 1.29 is 13.2 Å². The van der Waals surface area contributed by atoms with Crippen LogP contribution in [0.2, 0.25) is 0 Å². The highest BCUT2D eigenvalue weighted by Gasteiger charge is 2.32. The predicted octanol–water partition coefficient (Wildman–Crippen LogP) is 1.05. The van der Waals surface area contributed by atoms with Gasteiger partial charge in [-0.2, -0.15) is 4.31 Å². The summed E-state index contributed by atoms with van der Waals surface area (Å²) in [7, 11) is -3.16. The number of ether oxygens (including phenoxy) is 1. The van der Waals surface area contributed by atoms with Gasteiger partial charge in [0.1, 0.15) is 0 Å². The zero-order chi connectivity index (χ0) is 11.5. The van der Waals surface area contributed by atoms with Gasteiger partial charge in [0.2, 0.25) is 10.0 Å². The summed E-state index contributed by atoms with van der Waals surface area (Å²) in [5, 5.41) is 0. The lowest BCUT2D eigenvalue weighted by molar-refractivity contribution is -0.0170. The van der Waals surface area contributed by atoms with Crippen LogP contribution < -0.4 is 0 Å².